The molecule has 0 spiro atoms. The molecule has 22 heavy (non-hydrogen) atoms. The average molecular weight is 305 g/mol. The lowest BCUT2D eigenvalue weighted by Crippen LogP contribution is -1.92. The second-order valence-corrected chi connectivity index (χ2v) is 6.50. The third-order valence-corrected chi connectivity index (χ3v) is 4.64. The number of hydrogen-bond acceptors (Lipinski definition) is 3. The van der Waals surface area contributed by atoms with Gasteiger partial charge >= 0.3 is 0 Å². The van der Waals surface area contributed by atoms with Gasteiger partial charge in [0.2, 0.25) is 0 Å². The molecule has 0 saturated carbocycles. The van der Waals surface area contributed by atoms with Gasteiger partial charge in [0.15, 0.2) is 4.96 Å². The lowest BCUT2D eigenvalue weighted by molar-refractivity contribution is 1.23. The Labute approximate surface area is 132 Å². The van der Waals surface area contributed by atoms with Gasteiger partial charge in [-0.05, 0) is 18.1 Å². The fourth-order valence-electron chi connectivity index (χ4n) is 2.64. The number of anilines is 1. The zero-order chi connectivity index (χ0) is 15.1. The Morgan fingerprint density at radius 2 is 1.55 bits per heavy atom. The van der Waals surface area contributed by atoms with Crippen molar-refractivity contribution in [1.82, 2.24) is 9.38 Å². The van der Waals surface area contributed by atoms with Crippen molar-refractivity contribution in [2.24, 2.45) is 0 Å². The quantitative estimate of drug-likeness (QED) is 0.587. The molecule has 0 amide bonds. The van der Waals surface area contributed by atoms with Gasteiger partial charge in [-0.25, -0.2) is 4.98 Å². The molecule has 0 saturated heterocycles. The zero-order valence-electron chi connectivity index (χ0n) is 12.2. The van der Waals surface area contributed by atoms with Crippen molar-refractivity contribution in [3.8, 4) is 22.4 Å². The van der Waals surface area contributed by atoms with Crippen molar-refractivity contribution in [1.29, 1.82) is 0 Å². The molecule has 4 aromatic rings. The topological polar surface area (TPSA) is 43.3 Å². The molecule has 0 atom stereocenters. The summed E-state index contributed by atoms with van der Waals surface area (Å²) in [5.74, 6) is 0.701. The van der Waals surface area contributed by atoms with Crippen molar-refractivity contribution in [2.45, 2.75) is 6.92 Å². The third kappa shape index (κ3) is 2.09. The predicted octanol–water partition coefficient (Wildman–Crippen LogP) is 4.62. The van der Waals surface area contributed by atoms with Gasteiger partial charge in [0.1, 0.15) is 11.5 Å². The highest BCUT2D eigenvalue weighted by molar-refractivity contribution is 7.17. The zero-order valence-corrected chi connectivity index (χ0v) is 13.0. The molecule has 0 aliphatic carbocycles. The fraction of sp³-hybridized carbons (Fsp3) is 0.0556. The SMILES string of the molecule is Cc1cn2c(N)c(-c3ccc(-c4ccccc4)cc3)nc2s1. The molecule has 4 heteroatoms. The van der Waals surface area contributed by atoms with Crippen molar-refractivity contribution in [2.75, 3.05) is 5.73 Å². The number of hydrogen-bond donors (Lipinski definition) is 1. The molecule has 0 bridgehead atoms. The van der Waals surface area contributed by atoms with Crippen molar-refractivity contribution >= 4 is 22.1 Å². The van der Waals surface area contributed by atoms with E-state index in [1.165, 1.54) is 16.0 Å². The second kappa shape index (κ2) is 5.00. The number of nitrogen functional groups attached to an aromatic ring is 1. The van der Waals surface area contributed by atoms with E-state index in [2.05, 4.69) is 48.3 Å². The van der Waals surface area contributed by atoms with Crippen LogP contribution >= 0.6 is 11.3 Å². The monoisotopic (exact) mass is 305 g/mol. The Balaban J connectivity index is 1.76. The van der Waals surface area contributed by atoms with E-state index in [0.29, 0.717) is 5.82 Å². The van der Waals surface area contributed by atoms with Gasteiger partial charge in [0.25, 0.3) is 0 Å². The highest BCUT2D eigenvalue weighted by Gasteiger charge is 2.13. The molecule has 0 unspecified atom stereocenters. The summed E-state index contributed by atoms with van der Waals surface area (Å²) in [6.45, 7) is 2.06. The number of benzene rings is 2. The molecule has 3 nitrogen and oxygen atoms in total. The standard InChI is InChI=1S/C18H15N3S/c1-12-11-21-17(19)16(20-18(21)22-12)15-9-7-14(8-10-15)13-5-3-2-4-6-13/h2-11H,19H2,1H3. The summed E-state index contributed by atoms with van der Waals surface area (Å²) >= 11 is 1.65. The molecule has 2 heterocycles. The summed E-state index contributed by atoms with van der Waals surface area (Å²) in [6, 6.07) is 18.7. The first-order valence-corrected chi connectivity index (χ1v) is 7.94. The van der Waals surface area contributed by atoms with Crippen LogP contribution in [0.1, 0.15) is 4.88 Å². The van der Waals surface area contributed by atoms with E-state index in [-0.39, 0.29) is 0 Å². The van der Waals surface area contributed by atoms with Crippen LogP contribution in [0.5, 0.6) is 0 Å². The Morgan fingerprint density at radius 3 is 2.23 bits per heavy atom. The molecule has 0 fully saturated rings. The minimum atomic E-state index is 0.701. The van der Waals surface area contributed by atoms with Crippen LogP contribution in [0.25, 0.3) is 27.3 Å². The van der Waals surface area contributed by atoms with E-state index in [9.17, 15) is 0 Å². The first-order valence-electron chi connectivity index (χ1n) is 7.12. The van der Waals surface area contributed by atoms with Crippen LogP contribution < -0.4 is 5.73 Å². The summed E-state index contributed by atoms with van der Waals surface area (Å²) in [5, 5.41) is 0. The molecular weight excluding hydrogens is 290 g/mol. The van der Waals surface area contributed by atoms with Crippen LogP contribution in [0.15, 0.2) is 60.8 Å². The number of nitrogens with two attached hydrogens (primary N) is 1. The number of imidazole rings is 1. The first-order chi connectivity index (χ1) is 10.7. The summed E-state index contributed by atoms with van der Waals surface area (Å²) in [4.78, 5) is 6.81. The highest BCUT2D eigenvalue weighted by atomic mass is 32.1. The van der Waals surface area contributed by atoms with E-state index < -0.39 is 0 Å². The Morgan fingerprint density at radius 1 is 0.909 bits per heavy atom. The van der Waals surface area contributed by atoms with Crippen LogP contribution in [0.4, 0.5) is 5.82 Å². The molecule has 2 aromatic carbocycles. The van der Waals surface area contributed by atoms with Crippen molar-refractivity contribution in [3.05, 3.63) is 65.7 Å². The maximum Gasteiger partial charge on any atom is 0.196 e. The number of aromatic nitrogens is 2. The van der Waals surface area contributed by atoms with Gasteiger partial charge in [-0.2, -0.15) is 0 Å². The summed E-state index contributed by atoms with van der Waals surface area (Å²) in [7, 11) is 0. The van der Waals surface area contributed by atoms with Crippen LogP contribution in [0, 0.1) is 6.92 Å². The van der Waals surface area contributed by atoms with Crippen LogP contribution in [0.2, 0.25) is 0 Å². The van der Waals surface area contributed by atoms with Gasteiger partial charge < -0.3 is 5.73 Å². The molecule has 0 aliphatic rings. The van der Waals surface area contributed by atoms with Gasteiger partial charge in [0.05, 0.1) is 0 Å². The van der Waals surface area contributed by atoms with Gasteiger partial charge in [0, 0.05) is 16.6 Å². The molecule has 108 valence electrons. The van der Waals surface area contributed by atoms with E-state index >= 15 is 0 Å². The maximum absolute atomic E-state index is 6.24. The summed E-state index contributed by atoms with van der Waals surface area (Å²) in [6.07, 6.45) is 2.03. The maximum atomic E-state index is 6.24. The van der Waals surface area contributed by atoms with E-state index in [4.69, 9.17) is 5.73 Å². The van der Waals surface area contributed by atoms with Crippen LogP contribution in [-0.4, -0.2) is 9.38 Å². The number of nitrogens with zero attached hydrogens (tertiary/aromatic N) is 2. The van der Waals surface area contributed by atoms with E-state index in [0.717, 1.165) is 16.2 Å². The molecule has 0 aliphatic heterocycles. The van der Waals surface area contributed by atoms with Crippen LogP contribution in [0.3, 0.4) is 0 Å². The smallest absolute Gasteiger partial charge is 0.196 e. The van der Waals surface area contributed by atoms with Crippen molar-refractivity contribution < 1.29 is 0 Å². The molecular formula is C18H15N3S. The van der Waals surface area contributed by atoms with Gasteiger partial charge in [-0.1, -0.05) is 54.6 Å². The first kappa shape index (κ1) is 13.1. The molecule has 2 N–H and O–H groups in total. The molecule has 0 radical (unpaired) electrons. The predicted molar refractivity (Wildman–Crippen MR) is 93.1 cm³/mol. The third-order valence-electron chi connectivity index (χ3n) is 3.74. The Kier molecular flexibility index (Phi) is 2.98. The van der Waals surface area contributed by atoms with Gasteiger partial charge in [-0.15, -0.1) is 11.3 Å². The second-order valence-electron chi connectivity index (χ2n) is 5.28. The number of rotatable bonds is 2. The Bertz CT molecular complexity index is 934. The summed E-state index contributed by atoms with van der Waals surface area (Å²) < 4.78 is 1.96. The molecule has 2 aromatic heterocycles. The Hall–Kier alpha value is -2.59. The number of aryl methyl sites for hydroxylation is 1. The van der Waals surface area contributed by atoms with Crippen LogP contribution in [-0.2, 0) is 0 Å². The summed E-state index contributed by atoms with van der Waals surface area (Å²) in [5.41, 5.74) is 10.5. The lowest BCUT2D eigenvalue weighted by atomic mass is 10.0. The minimum Gasteiger partial charge on any atom is -0.383 e. The minimum absolute atomic E-state index is 0.701. The lowest BCUT2D eigenvalue weighted by Gasteiger charge is -2.03. The molecule has 4 rings (SSSR count). The normalized spacial score (nSPS) is 11.1. The van der Waals surface area contributed by atoms with Crippen molar-refractivity contribution in [3.63, 3.8) is 0 Å². The fourth-order valence-corrected chi connectivity index (χ4v) is 3.47. The number of thiazole rings is 1. The van der Waals surface area contributed by atoms with E-state index in [1.807, 2.05) is 28.8 Å². The van der Waals surface area contributed by atoms with Gasteiger partial charge in [-0.3, -0.25) is 4.40 Å². The largest absolute Gasteiger partial charge is 0.383 e. The highest BCUT2D eigenvalue weighted by Crippen LogP contribution is 2.31. The van der Waals surface area contributed by atoms with E-state index in [1.54, 1.807) is 11.3 Å². The average Bonchev–Trinajstić information content (AvgIpc) is 3.06. The number of fused-ring (bicyclic) bond motifs is 1.